The van der Waals surface area contributed by atoms with Crippen molar-refractivity contribution in [3.63, 3.8) is 0 Å². The van der Waals surface area contributed by atoms with Gasteiger partial charge in [-0.25, -0.2) is 4.79 Å². The van der Waals surface area contributed by atoms with Crippen LogP contribution in [0.4, 0.5) is 0 Å². The predicted molar refractivity (Wildman–Crippen MR) is 55.0 cm³/mol. The second kappa shape index (κ2) is 6.44. The summed E-state index contributed by atoms with van der Waals surface area (Å²) in [6.45, 7) is 1.10. The van der Waals surface area contributed by atoms with Crippen LogP contribution in [0, 0.1) is 0 Å². The summed E-state index contributed by atoms with van der Waals surface area (Å²) >= 11 is 0. The Morgan fingerprint density at radius 1 is 1.44 bits per heavy atom. The molecule has 1 aliphatic rings. The molecule has 92 valence electrons. The Morgan fingerprint density at radius 3 is 2.69 bits per heavy atom. The van der Waals surface area contributed by atoms with Crippen LogP contribution in [0.25, 0.3) is 0 Å². The first-order valence-electron chi connectivity index (χ1n) is 5.30. The molecule has 16 heavy (non-hydrogen) atoms. The van der Waals surface area contributed by atoms with Crippen molar-refractivity contribution in [3.05, 3.63) is 0 Å². The average molecular weight is 231 g/mol. The lowest BCUT2D eigenvalue weighted by Gasteiger charge is -2.11. The molecule has 2 N–H and O–H groups in total. The number of methoxy groups -OCH3 is 1. The molecule has 1 fully saturated rings. The normalized spacial score (nSPS) is 24.3. The number of amides is 1. The van der Waals surface area contributed by atoms with E-state index in [-0.39, 0.29) is 5.91 Å². The lowest BCUT2D eigenvalue weighted by Crippen LogP contribution is -2.36. The average Bonchev–Trinajstić information content (AvgIpc) is 2.73. The highest BCUT2D eigenvalue weighted by Crippen LogP contribution is 2.19. The van der Waals surface area contributed by atoms with Gasteiger partial charge < -0.3 is 19.9 Å². The number of nitrogens with one attached hydrogen (secondary N) is 1. The molecule has 0 spiro atoms. The van der Waals surface area contributed by atoms with Crippen molar-refractivity contribution in [1.29, 1.82) is 0 Å². The number of hydrogen-bond acceptors (Lipinski definition) is 4. The summed E-state index contributed by atoms with van der Waals surface area (Å²) in [4.78, 5) is 22.1. The quantitative estimate of drug-likeness (QED) is 0.617. The first-order valence-corrected chi connectivity index (χ1v) is 5.30. The monoisotopic (exact) mass is 231 g/mol. The van der Waals surface area contributed by atoms with Gasteiger partial charge >= 0.3 is 5.97 Å². The van der Waals surface area contributed by atoms with E-state index in [2.05, 4.69) is 5.32 Å². The van der Waals surface area contributed by atoms with E-state index < -0.39 is 18.2 Å². The van der Waals surface area contributed by atoms with Crippen LogP contribution < -0.4 is 5.32 Å². The van der Waals surface area contributed by atoms with E-state index in [9.17, 15) is 9.59 Å². The molecule has 0 radical (unpaired) electrons. The van der Waals surface area contributed by atoms with Gasteiger partial charge in [0, 0.05) is 20.3 Å². The number of carbonyl (C=O) groups excluding carboxylic acids is 1. The molecule has 1 heterocycles. The van der Waals surface area contributed by atoms with Crippen LogP contribution >= 0.6 is 0 Å². The second-order valence-corrected chi connectivity index (χ2v) is 3.67. The molecule has 0 unspecified atom stereocenters. The first-order chi connectivity index (χ1) is 7.65. The number of rotatable bonds is 6. The van der Waals surface area contributed by atoms with E-state index in [1.807, 2.05) is 0 Å². The Kier molecular flexibility index (Phi) is 5.21. The van der Waals surface area contributed by atoms with Gasteiger partial charge in [-0.1, -0.05) is 0 Å². The Hall–Kier alpha value is -1.14. The smallest absolute Gasteiger partial charge is 0.332 e. The fourth-order valence-corrected chi connectivity index (χ4v) is 1.55. The minimum Gasteiger partial charge on any atom is -0.479 e. The van der Waals surface area contributed by atoms with Crippen LogP contribution in [0.2, 0.25) is 0 Å². The predicted octanol–water partition coefficient (Wildman–Crippen LogP) is -0.229. The summed E-state index contributed by atoms with van der Waals surface area (Å²) in [5, 5.41) is 11.4. The molecule has 1 rings (SSSR count). The van der Waals surface area contributed by atoms with Gasteiger partial charge in [-0.3, -0.25) is 4.79 Å². The Morgan fingerprint density at radius 2 is 2.12 bits per heavy atom. The minimum absolute atomic E-state index is 0.236. The van der Waals surface area contributed by atoms with Crippen LogP contribution in [0.5, 0.6) is 0 Å². The van der Waals surface area contributed by atoms with Gasteiger partial charge in [-0.05, 0) is 19.3 Å². The molecule has 6 nitrogen and oxygen atoms in total. The third-order valence-electron chi connectivity index (χ3n) is 2.41. The molecule has 0 aromatic rings. The molecule has 2 atom stereocenters. The van der Waals surface area contributed by atoms with Crippen LogP contribution in [-0.2, 0) is 19.1 Å². The highest BCUT2D eigenvalue weighted by atomic mass is 16.5. The lowest BCUT2D eigenvalue weighted by atomic mass is 10.2. The van der Waals surface area contributed by atoms with Crippen molar-refractivity contribution in [1.82, 2.24) is 5.32 Å². The van der Waals surface area contributed by atoms with Gasteiger partial charge in [-0.2, -0.15) is 0 Å². The summed E-state index contributed by atoms with van der Waals surface area (Å²) in [5.74, 6) is -1.24. The van der Waals surface area contributed by atoms with Crippen molar-refractivity contribution >= 4 is 11.9 Å². The van der Waals surface area contributed by atoms with Crippen molar-refractivity contribution in [2.45, 2.75) is 31.5 Å². The van der Waals surface area contributed by atoms with Gasteiger partial charge in [0.25, 0.3) is 0 Å². The van der Waals surface area contributed by atoms with E-state index in [1.54, 1.807) is 7.11 Å². The molecule has 0 bridgehead atoms. The van der Waals surface area contributed by atoms with Gasteiger partial charge in [0.05, 0.1) is 0 Å². The lowest BCUT2D eigenvalue weighted by molar-refractivity contribution is -0.151. The Balaban J connectivity index is 2.20. The zero-order valence-corrected chi connectivity index (χ0v) is 9.27. The van der Waals surface area contributed by atoms with E-state index >= 15 is 0 Å². The Labute approximate surface area is 93.9 Å². The summed E-state index contributed by atoms with van der Waals surface area (Å²) in [6.07, 6.45) is 0.133. The number of hydrogen-bond donors (Lipinski definition) is 2. The molecule has 1 amide bonds. The number of carboxylic acids is 1. The maximum atomic E-state index is 11.5. The van der Waals surface area contributed by atoms with Crippen LogP contribution in [-0.4, -0.2) is 49.5 Å². The summed E-state index contributed by atoms with van der Waals surface area (Å²) in [5.41, 5.74) is 0. The highest BCUT2D eigenvalue weighted by molar-refractivity contribution is 5.82. The molecular formula is C10H17NO5. The van der Waals surface area contributed by atoms with Gasteiger partial charge in [0.2, 0.25) is 5.91 Å². The number of carboxylic acid groups (broad SMARTS) is 1. The molecule has 6 heteroatoms. The fraction of sp³-hybridized carbons (Fsp3) is 0.800. The van der Waals surface area contributed by atoms with Crippen molar-refractivity contribution in [2.75, 3.05) is 20.3 Å². The zero-order chi connectivity index (χ0) is 12.0. The summed E-state index contributed by atoms with van der Waals surface area (Å²) in [7, 11) is 1.60. The van der Waals surface area contributed by atoms with Crippen LogP contribution in [0.3, 0.4) is 0 Å². The number of carbonyl (C=O) groups is 2. The Bertz CT molecular complexity index is 256. The minimum atomic E-state index is -1.00. The van der Waals surface area contributed by atoms with E-state index in [4.69, 9.17) is 14.6 Å². The van der Waals surface area contributed by atoms with Crippen molar-refractivity contribution < 1.29 is 24.2 Å². The largest absolute Gasteiger partial charge is 0.479 e. The molecule has 1 saturated heterocycles. The molecule has 0 aromatic heterocycles. The van der Waals surface area contributed by atoms with E-state index in [1.165, 1.54) is 0 Å². The van der Waals surface area contributed by atoms with Crippen LogP contribution in [0.15, 0.2) is 0 Å². The molecule has 0 aromatic carbocycles. The molecule has 0 saturated carbocycles. The van der Waals surface area contributed by atoms with Gasteiger partial charge in [0.1, 0.15) is 6.10 Å². The van der Waals surface area contributed by atoms with Gasteiger partial charge in [0.15, 0.2) is 6.10 Å². The topological polar surface area (TPSA) is 84.9 Å². The molecule has 0 aliphatic carbocycles. The SMILES string of the molecule is COCCCNC(=O)[C@@H]1CC[C@H](C(=O)O)O1. The number of ether oxygens (including phenoxy) is 2. The third kappa shape index (κ3) is 3.79. The maximum Gasteiger partial charge on any atom is 0.332 e. The first kappa shape index (κ1) is 12.9. The van der Waals surface area contributed by atoms with E-state index in [0.29, 0.717) is 26.0 Å². The zero-order valence-electron chi connectivity index (χ0n) is 9.27. The van der Waals surface area contributed by atoms with Crippen molar-refractivity contribution in [2.24, 2.45) is 0 Å². The standard InChI is InChI=1S/C10H17NO5/c1-15-6-2-5-11-9(12)7-3-4-8(16-7)10(13)14/h7-8H,2-6H2,1H3,(H,11,12)(H,13,14)/t7-,8+/m0/s1. The van der Waals surface area contributed by atoms with E-state index in [0.717, 1.165) is 6.42 Å². The van der Waals surface area contributed by atoms with Gasteiger partial charge in [-0.15, -0.1) is 0 Å². The maximum absolute atomic E-state index is 11.5. The van der Waals surface area contributed by atoms with Crippen LogP contribution in [0.1, 0.15) is 19.3 Å². The summed E-state index contributed by atoms with van der Waals surface area (Å²) < 4.78 is 9.94. The third-order valence-corrected chi connectivity index (χ3v) is 2.41. The number of aliphatic carboxylic acids is 1. The van der Waals surface area contributed by atoms with Crippen molar-refractivity contribution in [3.8, 4) is 0 Å². The second-order valence-electron chi connectivity index (χ2n) is 3.67. The highest BCUT2D eigenvalue weighted by Gasteiger charge is 2.34. The molecule has 1 aliphatic heterocycles. The molecular weight excluding hydrogens is 214 g/mol. The summed E-state index contributed by atoms with van der Waals surface area (Å²) in [6, 6.07) is 0. The fourth-order valence-electron chi connectivity index (χ4n) is 1.55.